The quantitative estimate of drug-likeness (QED) is 0.760. The first-order chi connectivity index (χ1) is 12.5. The van der Waals surface area contributed by atoms with E-state index >= 15 is 0 Å². The molecule has 7 heteroatoms. The molecule has 0 radical (unpaired) electrons. The van der Waals surface area contributed by atoms with Gasteiger partial charge in [0.25, 0.3) is 0 Å². The molecule has 0 aromatic heterocycles. The van der Waals surface area contributed by atoms with Gasteiger partial charge in [-0.2, -0.15) is 0 Å². The summed E-state index contributed by atoms with van der Waals surface area (Å²) in [5.74, 6) is 0.152. The molecule has 3 rings (SSSR count). The summed E-state index contributed by atoms with van der Waals surface area (Å²) in [6.45, 7) is 3.59. The van der Waals surface area contributed by atoms with Crippen LogP contribution in [0.15, 0.2) is 46.6 Å². The van der Waals surface area contributed by atoms with Gasteiger partial charge < -0.3 is 9.47 Å². The molecule has 0 bridgehead atoms. The molecule has 136 valence electrons. The maximum Gasteiger partial charge on any atom is 0.338 e. The zero-order valence-electron chi connectivity index (χ0n) is 15.1. The zero-order valence-corrected chi connectivity index (χ0v) is 15.9. The van der Waals surface area contributed by atoms with Crippen molar-refractivity contribution in [1.29, 1.82) is 0 Å². The van der Waals surface area contributed by atoms with E-state index in [1.54, 1.807) is 18.9 Å². The number of ether oxygens (including phenoxy) is 2. The fourth-order valence-electron chi connectivity index (χ4n) is 3.00. The van der Waals surface area contributed by atoms with Gasteiger partial charge in [-0.1, -0.05) is 42.1 Å². The van der Waals surface area contributed by atoms with Crippen LogP contribution in [0.5, 0.6) is 5.75 Å². The lowest BCUT2D eigenvalue weighted by Crippen LogP contribution is -2.44. The number of hydrogen-bond donors (Lipinski definition) is 0. The van der Waals surface area contributed by atoms with E-state index in [1.807, 2.05) is 43.3 Å². The molecule has 1 amide bonds. The van der Waals surface area contributed by atoms with Crippen LogP contribution in [0.4, 0.5) is 0 Å². The highest BCUT2D eigenvalue weighted by molar-refractivity contribution is 8.15. The van der Waals surface area contributed by atoms with E-state index in [0.29, 0.717) is 22.2 Å². The highest BCUT2D eigenvalue weighted by Gasteiger charge is 2.44. The number of fused-ring (bicyclic) bond motifs is 1. The number of nitrogens with zero attached hydrogens (tertiary/aromatic N) is 2. The third kappa shape index (κ3) is 3.14. The fraction of sp³-hybridized carbons (Fsp3) is 0.316. The number of hydrogen-bond acceptors (Lipinski definition) is 6. The van der Waals surface area contributed by atoms with Gasteiger partial charge >= 0.3 is 5.97 Å². The molecule has 1 saturated heterocycles. The number of para-hydroxylation sites is 1. The van der Waals surface area contributed by atoms with Gasteiger partial charge in [0.1, 0.15) is 5.75 Å². The molecule has 0 saturated carbocycles. The maximum atomic E-state index is 12.6. The number of thioether (sulfide) groups is 1. The van der Waals surface area contributed by atoms with Crippen LogP contribution in [0.2, 0.25) is 0 Å². The number of allylic oxidation sites excluding steroid dienone is 1. The average Bonchev–Trinajstić information content (AvgIpc) is 2.92. The highest BCUT2D eigenvalue weighted by atomic mass is 32.2. The number of amidine groups is 1. The first kappa shape index (κ1) is 18.3. The van der Waals surface area contributed by atoms with Crippen molar-refractivity contribution in [3.05, 3.63) is 47.2 Å². The minimum absolute atomic E-state index is 0.0719. The van der Waals surface area contributed by atoms with Gasteiger partial charge in [0, 0.05) is 5.56 Å². The third-order valence-corrected chi connectivity index (χ3v) is 5.36. The number of carbonyl (C=O) groups is 2. The predicted octanol–water partition coefficient (Wildman–Crippen LogP) is 2.86. The Labute approximate surface area is 156 Å². The second kappa shape index (κ2) is 7.37. The summed E-state index contributed by atoms with van der Waals surface area (Å²) >= 11 is 1.40. The van der Waals surface area contributed by atoms with Crippen LogP contribution in [0, 0.1) is 0 Å². The summed E-state index contributed by atoms with van der Waals surface area (Å²) in [5, 5.41) is 0.378. The van der Waals surface area contributed by atoms with E-state index in [9.17, 15) is 9.59 Å². The maximum absolute atomic E-state index is 12.6. The summed E-state index contributed by atoms with van der Waals surface area (Å²) in [6.07, 6.45) is 3.67. The number of esters is 1. The van der Waals surface area contributed by atoms with Crippen molar-refractivity contribution < 1.29 is 19.1 Å². The molecule has 2 heterocycles. The molecule has 2 atom stereocenters. The van der Waals surface area contributed by atoms with Crippen molar-refractivity contribution in [2.75, 3.05) is 14.2 Å². The monoisotopic (exact) mass is 372 g/mol. The predicted molar refractivity (Wildman–Crippen MR) is 102 cm³/mol. The van der Waals surface area contributed by atoms with Crippen molar-refractivity contribution >= 4 is 34.9 Å². The molecule has 2 unspecified atom stereocenters. The van der Waals surface area contributed by atoms with E-state index in [4.69, 9.17) is 9.47 Å². The molecule has 0 aliphatic carbocycles. The normalized spacial score (nSPS) is 22.5. The van der Waals surface area contributed by atoms with Crippen LogP contribution in [0.25, 0.3) is 6.08 Å². The Morgan fingerprint density at radius 1 is 1.31 bits per heavy atom. The third-order valence-electron chi connectivity index (χ3n) is 4.30. The molecule has 0 spiro atoms. The largest absolute Gasteiger partial charge is 0.496 e. The van der Waals surface area contributed by atoms with Gasteiger partial charge in [-0.3, -0.25) is 9.69 Å². The van der Waals surface area contributed by atoms with Crippen molar-refractivity contribution in [2.45, 2.75) is 25.1 Å². The Morgan fingerprint density at radius 3 is 2.73 bits per heavy atom. The second-order valence-electron chi connectivity index (χ2n) is 5.90. The molecule has 1 aromatic carbocycles. The lowest BCUT2D eigenvalue weighted by Gasteiger charge is -2.30. The average molecular weight is 372 g/mol. The number of aliphatic imine (C=N–C) groups is 1. The van der Waals surface area contributed by atoms with Gasteiger partial charge in [0.15, 0.2) is 5.17 Å². The summed E-state index contributed by atoms with van der Waals surface area (Å²) in [6, 6.07) is 6.98. The smallest absolute Gasteiger partial charge is 0.338 e. The Balaban J connectivity index is 2.05. The van der Waals surface area contributed by atoms with Crippen molar-refractivity contribution in [3.8, 4) is 5.75 Å². The van der Waals surface area contributed by atoms with Crippen molar-refractivity contribution in [1.82, 2.24) is 4.90 Å². The van der Waals surface area contributed by atoms with Gasteiger partial charge in [0.2, 0.25) is 5.91 Å². The van der Waals surface area contributed by atoms with Crippen LogP contribution < -0.4 is 4.74 Å². The zero-order chi connectivity index (χ0) is 18.8. The number of benzene rings is 1. The minimum Gasteiger partial charge on any atom is -0.496 e. The topological polar surface area (TPSA) is 68.2 Å². The van der Waals surface area contributed by atoms with Crippen molar-refractivity contribution in [3.63, 3.8) is 0 Å². The van der Waals surface area contributed by atoms with Gasteiger partial charge in [-0.15, -0.1) is 0 Å². The molecule has 2 aliphatic heterocycles. The molecule has 1 fully saturated rings. The molecular formula is C19H20N2O4S. The number of amides is 1. The molecule has 2 aliphatic rings. The van der Waals surface area contributed by atoms with Gasteiger partial charge in [0.05, 0.1) is 36.8 Å². The van der Waals surface area contributed by atoms with E-state index in [-0.39, 0.29) is 11.2 Å². The summed E-state index contributed by atoms with van der Waals surface area (Å²) < 4.78 is 10.3. The molecule has 6 nitrogen and oxygen atoms in total. The molecular weight excluding hydrogens is 352 g/mol. The van der Waals surface area contributed by atoms with Crippen LogP contribution in [-0.2, 0) is 14.3 Å². The summed E-state index contributed by atoms with van der Waals surface area (Å²) in [4.78, 5) is 31.0. The lowest BCUT2D eigenvalue weighted by molar-refractivity contribution is -0.137. The standard InChI is InChI=1S/C19H20N2O4S/c1-11-16(18(23)25-4)14(21-17(22)12(2)26-19(21)20-11)10-9-13-7-5-6-8-15(13)24-3/h5-10,12,14H,1-4H3. The lowest BCUT2D eigenvalue weighted by atomic mass is 10.00. The molecule has 1 aromatic rings. The Morgan fingerprint density at radius 2 is 2.04 bits per heavy atom. The van der Waals surface area contributed by atoms with E-state index in [1.165, 1.54) is 18.9 Å². The number of rotatable bonds is 4. The van der Waals surface area contributed by atoms with E-state index in [0.717, 1.165) is 5.56 Å². The van der Waals surface area contributed by atoms with E-state index in [2.05, 4.69) is 4.99 Å². The van der Waals surface area contributed by atoms with Crippen LogP contribution in [-0.4, -0.2) is 47.5 Å². The van der Waals surface area contributed by atoms with Crippen LogP contribution in [0.1, 0.15) is 19.4 Å². The first-order valence-corrected chi connectivity index (χ1v) is 9.04. The Hall–Kier alpha value is -2.54. The van der Waals surface area contributed by atoms with Crippen LogP contribution >= 0.6 is 11.8 Å². The molecule has 0 N–H and O–H groups in total. The fourth-order valence-corrected chi connectivity index (χ4v) is 4.04. The number of methoxy groups -OCH3 is 2. The Bertz CT molecular complexity index is 844. The summed E-state index contributed by atoms with van der Waals surface area (Å²) in [7, 11) is 2.93. The second-order valence-corrected chi connectivity index (χ2v) is 7.21. The highest BCUT2D eigenvalue weighted by Crippen LogP contribution is 2.37. The van der Waals surface area contributed by atoms with Crippen molar-refractivity contribution in [2.24, 2.45) is 4.99 Å². The SMILES string of the molecule is COC(=O)C1=C(C)N=C2SC(C)C(=O)N2C1C=Cc1ccccc1OC. The first-order valence-electron chi connectivity index (χ1n) is 8.16. The molecule has 26 heavy (non-hydrogen) atoms. The van der Waals surface area contributed by atoms with Crippen LogP contribution in [0.3, 0.4) is 0 Å². The minimum atomic E-state index is -0.565. The van der Waals surface area contributed by atoms with Gasteiger partial charge in [-0.05, 0) is 19.9 Å². The Kier molecular flexibility index (Phi) is 5.18. The van der Waals surface area contributed by atoms with Gasteiger partial charge in [-0.25, -0.2) is 9.79 Å². The summed E-state index contributed by atoms with van der Waals surface area (Å²) in [5.41, 5.74) is 1.78. The van der Waals surface area contributed by atoms with E-state index < -0.39 is 12.0 Å². The number of carbonyl (C=O) groups excluding carboxylic acids is 2.